The van der Waals surface area contributed by atoms with Gasteiger partial charge in [0, 0.05) is 38.1 Å². The molecule has 23 heavy (non-hydrogen) atoms. The minimum atomic E-state index is -3.29. The summed E-state index contributed by atoms with van der Waals surface area (Å²) in [6.07, 6.45) is 4.68. The number of hydrogen-bond donors (Lipinski definition) is 1. The van der Waals surface area contributed by atoms with Crippen LogP contribution in [0.5, 0.6) is 0 Å². The van der Waals surface area contributed by atoms with Crippen LogP contribution in [0.25, 0.3) is 0 Å². The number of rotatable bonds is 4. The highest BCUT2D eigenvalue weighted by molar-refractivity contribution is 7.90. The lowest BCUT2D eigenvalue weighted by atomic mass is 10.1. The summed E-state index contributed by atoms with van der Waals surface area (Å²) < 4.78 is 22.8. The van der Waals surface area contributed by atoms with Crippen molar-refractivity contribution < 1.29 is 13.2 Å². The molecule has 8 heteroatoms. The van der Waals surface area contributed by atoms with Crippen LogP contribution in [0.15, 0.2) is 23.4 Å². The van der Waals surface area contributed by atoms with Gasteiger partial charge in [0.05, 0.1) is 0 Å². The molecule has 1 N–H and O–H groups in total. The zero-order valence-electron chi connectivity index (χ0n) is 13.2. The second-order valence-corrected chi connectivity index (χ2v) is 8.12. The predicted molar refractivity (Wildman–Crippen MR) is 85.8 cm³/mol. The van der Waals surface area contributed by atoms with Crippen molar-refractivity contribution >= 4 is 15.9 Å². The number of carbonyl (C=O) groups excluding carboxylic acids is 1. The highest BCUT2D eigenvalue weighted by atomic mass is 32.2. The number of piperidine rings is 1. The Morgan fingerprint density at radius 3 is 2.61 bits per heavy atom. The molecule has 1 aromatic rings. The first kappa shape index (κ1) is 16.2. The molecule has 0 aliphatic carbocycles. The summed E-state index contributed by atoms with van der Waals surface area (Å²) in [6, 6.07) is 3.63. The zero-order chi connectivity index (χ0) is 16.4. The molecule has 3 heterocycles. The van der Waals surface area contributed by atoms with Gasteiger partial charge >= 0.3 is 6.03 Å². The number of nitrogens with one attached hydrogen (secondary N) is 1. The van der Waals surface area contributed by atoms with Gasteiger partial charge in [-0.2, -0.15) is 0 Å². The van der Waals surface area contributed by atoms with Crippen LogP contribution in [0.3, 0.4) is 0 Å². The summed E-state index contributed by atoms with van der Waals surface area (Å²) in [6.45, 7) is 3.86. The van der Waals surface area contributed by atoms with E-state index in [4.69, 9.17) is 0 Å². The van der Waals surface area contributed by atoms with E-state index in [9.17, 15) is 13.2 Å². The van der Waals surface area contributed by atoms with E-state index >= 15 is 0 Å². The molecule has 2 fully saturated rings. The van der Waals surface area contributed by atoms with Gasteiger partial charge in [0.1, 0.15) is 0 Å². The third-order valence-electron chi connectivity index (χ3n) is 4.43. The van der Waals surface area contributed by atoms with Gasteiger partial charge in [-0.1, -0.05) is 6.07 Å². The van der Waals surface area contributed by atoms with Crippen molar-refractivity contribution in [3.8, 4) is 0 Å². The molecule has 0 radical (unpaired) electrons. The number of aromatic nitrogens is 1. The van der Waals surface area contributed by atoms with Crippen molar-refractivity contribution in [1.82, 2.24) is 20.1 Å². The number of carbonyl (C=O) groups is 1. The summed E-state index contributed by atoms with van der Waals surface area (Å²) >= 11 is 0. The van der Waals surface area contributed by atoms with E-state index in [1.807, 2.05) is 4.90 Å². The summed E-state index contributed by atoms with van der Waals surface area (Å²) in [5.41, 5.74) is 0.845. The van der Waals surface area contributed by atoms with E-state index in [1.165, 1.54) is 12.3 Å². The molecular weight excluding hydrogens is 316 g/mol. The molecule has 3 rings (SSSR count). The molecule has 2 aliphatic heterocycles. The molecule has 2 amide bonds. The van der Waals surface area contributed by atoms with Crippen LogP contribution in [0.1, 0.15) is 18.4 Å². The topological polar surface area (TPSA) is 82.6 Å². The van der Waals surface area contributed by atoms with Gasteiger partial charge in [-0.3, -0.25) is 0 Å². The molecule has 2 saturated heterocycles. The second-order valence-electron chi connectivity index (χ2n) is 6.16. The van der Waals surface area contributed by atoms with Crippen molar-refractivity contribution in [1.29, 1.82) is 0 Å². The van der Waals surface area contributed by atoms with Crippen LogP contribution in [-0.4, -0.2) is 67.7 Å². The Kier molecular flexibility index (Phi) is 4.54. The first-order chi connectivity index (χ1) is 10.9. The maximum absolute atomic E-state index is 12.6. The smallest absolute Gasteiger partial charge is 0.320 e. The number of hydrogen-bond acceptors (Lipinski definition) is 5. The average Bonchev–Trinajstić information content (AvgIpc) is 2.89. The van der Waals surface area contributed by atoms with Crippen molar-refractivity contribution in [2.45, 2.75) is 30.5 Å². The fourth-order valence-corrected chi connectivity index (χ4v) is 3.71. The first-order valence-electron chi connectivity index (χ1n) is 7.86. The lowest BCUT2D eigenvalue weighted by Crippen LogP contribution is -2.45. The largest absolute Gasteiger partial charge is 0.320 e. The molecule has 0 saturated carbocycles. The predicted octanol–water partition coefficient (Wildman–Crippen LogP) is 0.475. The Hall–Kier alpha value is -1.67. The number of nitrogens with zero attached hydrogens (tertiary/aromatic N) is 3. The van der Waals surface area contributed by atoms with Crippen LogP contribution in [0, 0.1) is 0 Å². The molecule has 0 bridgehead atoms. The fraction of sp³-hybridized carbons (Fsp3) is 0.600. The van der Waals surface area contributed by atoms with Crippen LogP contribution >= 0.6 is 0 Å². The van der Waals surface area contributed by atoms with Gasteiger partial charge < -0.3 is 15.1 Å². The molecule has 0 aromatic carbocycles. The Morgan fingerprint density at radius 1 is 1.26 bits per heavy atom. The van der Waals surface area contributed by atoms with E-state index in [-0.39, 0.29) is 11.1 Å². The normalized spacial score (nSPS) is 20.3. The van der Waals surface area contributed by atoms with E-state index in [0.29, 0.717) is 19.1 Å². The van der Waals surface area contributed by atoms with Gasteiger partial charge in [0.2, 0.25) is 0 Å². The third kappa shape index (κ3) is 3.64. The molecule has 126 valence electrons. The SMILES string of the molecule is CS(=O)(=O)c1ccc(CN2CCN(C3CCNCC3)C2=O)cn1. The van der Waals surface area contributed by atoms with Gasteiger partial charge in [0.25, 0.3) is 0 Å². The number of amides is 2. The van der Waals surface area contributed by atoms with Gasteiger partial charge in [-0.05, 0) is 37.6 Å². The van der Waals surface area contributed by atoms with Crippen molar-refractivity contribution in [3.63, 3.8) is 0 Å². The van der Waals surface area contributed by atoms with Crippen LogP contribution in [0.4, 0.5) is 4.79 Å². The fourth-order valence-electron chi connectivity index (χ4n) is 3.15. The third-order valence-corrected chi connectivity index (χ3v) is 5.43. The van der Waals surface area contributed by atoms with Crippen LogP contribution in [-0.2, 0) is 16.4 Å². The standard InChI is InChI=1S/C15H22N4O3S/c1-23(21,22)14-3-2-12(10-17-14)11-18-8-9-19(15(18)20)13-4-6-16-7-5-13/h2-3,10,13,16H,4-9,11H2,1H3. The van der Waals surface area contributed by atoms with Crippen LogP contribution in [0.2, 0.25) is 0 Å². The van der Waals surface area contributed by atoms with Crippen molar-refractivity contribution in [2.24, 2.45) is 0 Å². The van der Waals surface area contributed by atoms with Crippen LogP contribution < -0.4 is 5.32 Å². The molecular formula is C15H22N4O3S. The minimum absolute atomic E-state index is 0.0605. The molecule has 7 nitrogen and oxygen atoms in total. The van der Waals surface area contributed by atoms with E-state index in [1.54, 1.807) is 11.0 Å². The first-order valence-corrected chi connectivity index (χ1v) is 9.75. The molecule has 0 unspecified atom stereocenters. The van der Waals surface area contributed by atoms with Crippen molar-refractivity contribution in [2.75, 3.05) is 32.4 Å². The van der Waals surface area contributed by atoms with Gasteiger partial charge in [-0.15, -0.1) is 0 Å². The Morgan fingerprint density at radius 2 is 2.00 bits per heavy atom. The summed E-state index contributed by atoms with van der Waals surface area (Å²) in [5.74, 6) is 0. The van der Waals surface area contributed by atoms with E-state index in [2.05, 4.69) is 10.3 Å². The molecule has 2 aliphatic rings. The quantitative estimate of drug-likeness (QED) is 0.863. The zero-order valence-corrected chi connectivity index (χ0v) is 14.1. The van der Waals surface area contributed by atoms with Crippen molar-refractivity contribution in [3.05, 3.63) is 23.9 Å². The minimum Gasteiger partial charge on any atom is -0.320 e. The van der Waals surface area contributed by atoms with E-state index in [0.717, 1.165) is 44.3 Å². The van der Waals surface area contributed by atoms with E-state index < -0.39 is 9.84 Å². The van der Waals surface area contributed by atoms with Gasteiger partial charge in [0.15, 0.2) is 14.9 Å². The number of pyridine rings is 1. The molecule has 1 aromatic heterocycles. The lowest BCUT2D eigenvalue weighted by molar-refractivity contribution is 0.164. The summed E-state index contributed by atoms with van der Waals surface area (Å²) in [7, 11) is -3.29. The molecule has 0 spiro atoms. The highest BCUT2D eigenvalue weighted by Gasteiger charge is 2.34. The Balaban J connectivity index is 1.63. The lowest BCUT2D eigenvalue weighted by Gasteiger charge is -2.31. The monoisotopic (exact) mass is 338 g/mol. The maximum Gasteiger partial charge on any atom is 0.320 e. The Labute approximate surface area is 136 Å². The van der Waals surface area contributed by atoms with Gasteiger partial charge in [-0.25, -0.2) is 18.2 Å². The molecule has 0 atom stereocenters. The maximum atomic E-state index is 12.6. The number of sulfone groups is 1. The number of urea groups is 1. The highest BCUT2D eigenvalue weighted by Crippen LogP contribution is 2.20. The second kappa shape index (κ2) is 6.45. The Bertz CT molecular complexity index is 668. The summed E-state index contributed by atoms with van der Waals surface area (Å²) in [4.78, 5) is 20.3. The summed E-state index contributed by atoms with van der Waals surface area (Å²) in [5, 5.41) is 3.37. The average molecular weight is 338 g/mol.